The number of Topliss-reactive ketones (excluding diaryl/α,β-unsaturated/α-hetero) is 1. The molecule has 1 aromatic rings. The summed E-state index contributed by atoms with van der Waals surface area (Å²) >= 11 is 0. The number of esters is 1. The van der Waals surface area contributed by atoms with E-state index in [0.717, 1.165) is 25.3 Å². The van der Waals surface area contributed by atoms with Gasteiger partial charge in [-0.3, -0.25) is 4.79 Å². The number of rotatable bonds is 6. The number of hydrogen-bond donors (Lipinski definition) is 1. The zero-order valence-corrected chi connectivity index (χ0v) is 16.7. The number of benzene rings is 1. The quantitative estimate of drug-likeness (QED) is 0.724. The lowest BCUT2D eigenvalue weighted by Gasteiger charge is -2.55. The minimum absolute atomic E-state index is 0.0125. The third-order valence-corrected chi connectivity index (χ3v) is 7.59. The molecule has 1 aromatic carbocycles. The average molecular weight is 407 g/mol. The van der Waals surface area contributed by atoms with Crippen LogP contribution in [0.4, 0.5) is 0 Å². The van der Waals surface area contributed by atoms with Gasteiger partial charge in [-0.15, -0.1) is 0 Å². The summed E-state index contributed by atoms with van der Waals surface area (Å²) in [6.07, 6.45) is 6.39. The molecule has 4 aliphatic rings. The zero-order valence-electron chi connectivity index (χ0n) is 15.8. The molecule has 0 radical (unpaired) electrons. The van der Waals surface area contributed by atoms with E-state index in [1.54, 1.807) is 0 Å². The third-order valence-electron chi connectivity index (χ3n) is 6.68. The Bertz CT molecular complexity index is 887. The van der Waals surface area contributed by atoms with Crippen LogP contribution in [0.5, 0.6) is 5.75 Å². The van der Waals surface area contributed by atoms with Gasteiger partial charge in [0, 0.05) is 5.41 Å². The first kappa shape index (κ1) is 19.4. The van der Waals surface area contributed by atoms with Gasteiger partial charge in [0.15, 0.2) is 12.4 Å². The molecule has 0 spiro atoms. The van der Waals surface area contributed by atoms with Gasteiger partial charge in [-0.2, -0.15) is 0 Å². The van der Waals surface area contributed by atoms with Gasteiger partial charge in [-0.1, -0.05) is 0 Å². The Labute approximate surface area is 164 Å². The van der Waals surface area contributed by atoms with E-state index in [4.69, 9.17) is 14.6 Å². The van der Waals surface area contributed by atoms with Crippen LogP contribution in [0.2, 0.25) is 0 Å². The minimum Gasteiger partial charge on any atom is -0.496 e. The van der Waals surface area contributed by atoms with E-state index in [1.165, 1.54) is 38.5 Å². The number of nitrogens with two attached hydrogens (primary N) is 1. The fourth-order valence-electron chi connectivity index (χ4n) is 5.84. The molecule has 28 heavy (non-hydrogen) atoms. The van der Waals surface area contributed by atoms with E-state index in [1.807, 2.05) is 0 Å². The molecule has 0 aromatic heterocycles. The van der Waals surface area contributed by atoms with Crippen molar-refractivity contribution in [1.82, 2.24) is 0 Å². The van der Waals surface area contributed by atoms with E-state index >= 15 is 0 Å². The zero-order chi connectivity index (χ0) is 20.1. The number of carbonyl (C=O) groups excluding carboxylic acids is 2. The van der Waals surface area contributed by atoms with Crippen molar-refractivity contribution in [3.8, 4) is 5.75 Å². The van der Waals surface area contributed by atoms with E-state index < -0.39 is 16.0 Å². The molecule has 0 heterocycles. The summed E-state index contributed by atoms with van der Waals surface area (Å²) in [5.74, 6) is 1.23. The largest absolute Gasteiger partial charge is 0.496 e. The highest BCUT2D eigenvalue weighted by atomic mass is 32.2. The summed E-state index contributed by atoms with van der Waals surface area (Å²) < 4.78 is 33.5. The Morgan fingerprint density at radius 2 is 1.68 bits per heavy atom. The lowest BCUT2D eigenvalue weighted by atomic mass is 9.48. The first-order valence-corrected chi connectivity index (χ1v) is 11.2. The second-order valence-electron chi connectivity index (χ2n) is 8.60. The van der Waals surface area contributed by atoms with Gasteiger partial charge >= 0.3 is 5.97 Å². The Morgan fingerprint density at radius 3 is 2.18 bits per heavy atom. The predicted octanol–water partition coefficient (Wildman–Crippen LogP) is 2.28. The third kappa shape index (κ3) is 3.43. The van der Waals surface area contributed by atoms with Gasteiger partial charge in [0.2, 0.25) is 10.0 Å². The summed E-state index contributed by atoms with van der Waals surface area (Å²) in [5, 5.41) is 5.13. The average Bonchev–Trinajstić information content (AvgIpc) is 2.63. The number of hydrogen-bond acceptors (Lipinski definition) is 6. The van der Waals surface area contributed by atoms with Crippen molar-refractivity contribution >= 4 is 21.8 Å². The number of ether oxygens (including phenoxy) is 2. The molecule has 4 saturated carbocycles. The molecule has 0 unspecified atom stereocenters. The van der Waals surface area contributed by atoms with Gasteiger partial charge in [0.25, 0.3) is 0 Å². The van der Waals surface area contributed by atoms with Crippen molar-refractivity contribution in [2.75, 3.05) is 13.7 Å². The molecule has 7 nitrogen and oxygen atoms in total. The summed E-state index contributed by atoms with van der Waals surface area (Å²) in [7, 11) is -2.61. The lowest BCUT2D eigenvalue weighted by Crippen LogP contribution is -2.51. The van der Waals surface area contributed by atoms with Crippen LogP contribution < -0.4 is 9.88 Å². The number of carbonyl (C=O) groups is 2. The monoisotopic (exact) mass is 407 g/mol. The van der Waals surface area contributed by atoms with Crippen LogP contribution in [0.15, 0.2) is 23.1 Å². The first-order valence-electron chi connectivity index (χ1n) is 9.61. The van der Waals surface area contributed by atoms with Crippen LogP contribution in [0, 0.1) is 23.2 Å². The number of ketones is 1. The molecule has 4 fully saturated rings. The van der Waals surface area contributed by atoms with E-state index in [-0.39, 0.29) is 34.0 Å². The van der Waals surface area contributed by atoms with E-state index in [9.17, 15) is 18.0 Å². The maximum Gasteiger partial charge on any atom is 0.342 e. The minimum atomic E-state index is -3.98. The second-order valence-corrected chi connectivity index (χ2v) is 10.2. The van der Waals surface area contributed by atoms with E-state index in [2.05, 4.69) is 0 Å². The SMILES string of the molecule is COc1ccc(S(N)(=O)=O)cc1C(=O)OCC(=O)C12CC3CC(CC(C3)C1)C2. The maximum absolute atomic E-state index is 13.0. The standard InChI is InChI=1S/C20H25NO6S/c1-26-17-3-2-15(28(21,24)25)7-16(17)19(23)27-11-18(22)20-8-12-4-13(9-20)6-14(5-12)10-20/h2-3,7,12-14H,4-6,8-11H2,1H3,(H2,21,24,25). The Balaban J connectivity index is 1.48. The number of primary sulfonamides is 1. The molecule has 0 saturated heterocycles. The van der Waals surface area contributed by atoms with Gasteiger partial charge in [0.05, 0.1) is 12.0 Å². The van der Waals surface area contributed by atoms with Crippen LogP contribution in [-0.2, 0) is 19.6 Å². The maximum atomic E-state index is 13.0. The molecule has 0 atom stereocenters. The van der Waals surface area contributed by atoms with Crippen LogP contribution in [0.25, 0.3) is 0 Å². The molecule has 4 bridgehead atoms. The number of sulfonamides is 1. The van der Waals surface area contributed by atoms with Crippen molar-refractivity contribution in [1.29, 1.82) is 0 Å². The fraction of sp³-hybridized carbons (Fsp3) is 0.600. The molecule has 152 valence electrons. The van der Waals surface area contributed by atoms with Crippen molar-refractivity contribution in [2.24, 2.45) is 28.3 Å². The topological polar surface area (TPSA) is 113 Å². The van der Waals surface area contributed by atoms with Crippen molar-refractivity contribution in [3.05, 3.63) is 23.8 Å². The van der Waals surface area contributed by atoms with Crippen LogP contribution in [-0.4, -0.2) is 33.9 Å². The predicted molar refractivity (Wildman–Crippen MR) is 100 cm³/mol. The Kier molecular flexibility index (Phi) is 4.74. The molecule has 4 aliphatic carbocycles. The summed E-state index contributed by atoms with van der Waals surface area (Å²) in [5.41, 5.74) is -0.408. The van der Waals surface area contributed by atoms with Crippen molar-refractivity contribution in [3.63, 3.8) is 0 Å². The Morgan fingerprint density at radius 1 is 1.11 bits per heavy atom. The summed E-state index contributed by atoms with van der Waals surface area (Å²) in [6.45, 7) is -0.298. The molecular weight excluding hydrogens is 382 g/mol. The van der Waals surface area contributed by atoms with Gasteiger partial charge in [-0.05, 0) is 74.5 Å². The lowest BCUT2D eigenvalue weighted by molar-refractivity contribution is -0.147. The van der Waals surface area contributed by atoms with Gasteiger partial charge in [0.1, 0.15) is 11.3 Å². The summed E-state index contributed by atoms with van der Waals surface area (Å²) in [4.78, 5) is 25.3. The Hall–Kier alpha value is -1.93. The molecule has 8 heteroatoms. The second kappa shape index (κ2) is 6.84. The van der Waals surface area contributed by atoms with Gasteiger partial charge < -0.3 is 9.47 Å². The van der Waals surface area contributed by atoms with Crippen LogP contribution in [0.3, 0.4) is 0 Å². The highest BCUT2D eigenvalue weighted by molar-refractivity contribution is 7.89. The van der Waals surface area contributed by atoms with Crippen molar-refractivity contribution in [2.45, 2.75) is 43.4 Å². The fourth-order valence-corrected chi connectivity index (χ4v) is 6.38. The molecule has 0 amide bonds. The van der Waals surface area contributed by atoms with Gasteiger partial charge in [-0.25, -0.2) is 18.4 Å². The normalized spacial score (nSPS) is 30.9. The highest BCUT2D eigenvalue weighted by Gasteiger charge is 2.54. The van der Waals surface area contributed by atoms with Crippen LogP contribution >= 0.6 is 0 Å². The summed E-state index contributed by atoms with van der Waals surface area (Å²) in [6, 6.07) is 3.72. The molecular formula is C20H25NO6S. The first-order chi connectivity index (χ1) is 13.2. The van der Waals surface area contributed by atoms with Crippen LogP contribution in [0.1, 0.15) is 48.9 Å². The highest BCUT2D eigenvalue weighted by Crippen LogP contribution is 2.60. The smallest absolute Gasteiger partial charge is 0.342 e. The molecule has 2 N–H and O–H groups in total. The molecule has 0 aliphatic heterocycles. The molecule has 5 rings (SSSR count). The van der Waals surface area contributed by atoms with E-state index in [0.29, 0.717) is 17.8 Å². The number of methoxy groups -OCH3 is 1. The van der Waals surface area contributed by atoms with Crippen molar-refractivity contribution < 1.29 is 27.5 Å².